The summed E-state index contributed by atoms with van der Waals surface area (Å²) in [5, 5.41) is 25.0. The molecule has 198 valence electrons. The average Bonchev–Trinajstić information content (AvgIpc) is 2.82. The molecule has 0 saturated heterocycles. The van der Waals surface area contributed by atoms with Gasteiger partial charge in [-0.3, -0.25) is 14.6 Å². The van der Waals surface area contributed by atoms with Crippen LogP contribution in [-0.4, -0.2) is 86.5 Å². The standard InChI is InChI=1S/C24H48N6O4/c1-9-13-34-14-12-26-21(31)10-11-22(32)28-16-24(7,15-27-18(2)19(3)30-33)17-29-23(5,6)20(4)25-8/h18,27,29,33H,9-17H2,1-8H3,(H,26,31)(H,28,32)/b25-20?,30-19+. The Balaban J connectivity index is 4.84. The maximum atomic E-state index is 12.4. The number of amides is 2. The monoisotopic (exact) mass is 484 g/mol. The predicted octanol–water partition coefficient (Wildman–Crippen LogP) is 1.72. The van der Waals surface area contributed by atoms with E-state index in [0.29, 0.717) is 45.1 Å². The van der Waals surface area contributed by atoms with Crippen LogP contribution in [0.1, 0.15) is 67.7 Å². The molecule has 0 aliphatic heterocycles. The maximum absolute atomic E-state index is 12.4. The van der Waals surface area contributed by atoms with Gasteiger partial charge in [0.15, 0.2) is 0 Å². The van der Waals surface area contributed by atoms with Crippen molar-refractivity contribution in [1.82, 2.24) is 21.3 Å². The van der Waals surface area contributed by atoms with Crippen molar-refractivity contribution in [3.63, 3.8) is 0 Å². The van der Waals surface area contributed by atoms with E-state index in [1.165, 1.54) is 0 Å². The molecule has 5 N–H and O–H groups in total. The van der Waals surface area contributed by atoms with Crippen molar-refractivity contribution < 1.29 is 19.5 Å². The molecule has 0 aliphatic rings. The van der Waals surface area contributed by atoms with Gasteiger partial charge in [0.2, 0.25) is 11.8 Å². The summed E-state index contributed by atoms with van der Waals surface area (Å²) in [7, 11) is 1.77. The van der Waals surface area contributed by atoms with Crippen molar-refractivity contribution in [3.05, 3.63) is 0 Å². The van der Waals surface area contributed by atoms with Crippen LogP contribution in [0.3, 0.4) is 0 Å². The van der Waals surface area contributed by atoms with Gasteiger partial charge in [-0.25, -0.2) is 0 Å². The number of hydrogen-bond acceptors (Lipinski definition) is 8. The summed E-state index contributed by atoms with van der Waals surface area (Å²) < 4.78 is 5.33. The highest BCUT2D eigenvalue weighted by Gasteiger charge is 2.30. The summed E-state index contributed by atoms with van der Waals surface area (Å²) in [4.78, 5) is 28.7. The largest absolute Gasteiger partial charge is 0.411 e. The highest BCUT2D eigenvalue weighted by molar-refractivity contribution is 5.90. The van der Waals surface area contributed by atoms with Crippen LogP contribution in [0.15, 0.2) is 10.1 Å². The highest BCUT2D eigenvalue weighted by Crippen LogP contribution is 2.16. The fraction of sp³-hybridized carbons (Fsp3) is 0.833. The molecule has 0 aliphatic carbocycles. The van der Waals surface area contributed by atoms with Crippen molar-refractivity contribution in [2.75, 3.05) is 46.4 Å². The Morgan fingerprint density at radius 2 is 1.62 bits per heavy atom. The lowest BCUT2D eigenvalue weighted by Crippen LogP contribution is -2.55. The molecule has 10 heteroatoms. The fourth-order valence-corrected chi connectivity index (χ4v) is 2.89. The number of hydrogen-bond donors (Lipinski definition) is 5. The van der Waals surface area contributed by atoms with Crippen LogP contribution in [0, 0.1) is 5.41 Å². The van der Waals surface area contributed by atoms with Gasteiger partial charge in [-0.1, -0.05) is 19.0 Å². The van der Waals surface area contributed by atoms with Crippen LogP contribution in [0.2, 0.25) is 0 Å². The number of oxime groups is 1. The lowest BCUT2D eigenvalue weighted by Gasteiger charge is -2.36. The van der Waals surface area contributed by atoms with Gasteiger partial charge in [-0.15, -0.1) is 0 Å². The average molecular weight is 485 g/mol. The van der Waals surface area contributed by atoms with Crippen molar-refractivity contribution in [2.24, 2.45) is 15.6 Å². The Kier molecular flexibility index (Phi) is 15.6. The quantitative estimate of drug-likeness (QED) is 0.0870. The third kappa shape index (κ3) is 13.6. The van der Waals surface area contributed by atoms with Gasteiger partial charge in [0.25, 0.3) is 0 Å². The summed E-state index contributed by atoms with van der Waals surface area (Å²) in [5.41, 5.74) is 0.922. The highest BCUT2D eigenvalue weighted by atomic mass is 16.5. The van der Waals surface area contributed by atoms with Gasteiger partial charge in [0.05, 0.1) is 17.9 Å². The zero-order chi connectivity index (χ0) is 26.2. The molecule has 0 bridgehead atoms. The molecule has 0 heterocycles. The second-order valence-corrected chi connectivity index (χ2v) is 9.68. The first-order valence-electron chi connectivity index (χ1n) is 12.1. The molecule has 2 unspecified atom stereocenters. The first-order valence-corrected chi connectivity index (χ1v) is 12.1. The molecule has 0 fully saturated rings. The lowest BCUT2D eigenvalue weighted by atomic mass is 9.87. The number of rotatable bonds is 18. The van der Waals surface area contributed by atoms with E-state index in [4.69, 9.17) is 9.94 Å². The Morgan fingerprint density at radius 3 is 2.18 bits per heavy atom. The minimum absolute atomic E-state index is 0.114. The molecular formula is C24H48N6O4. The van der Waals surface area contributed by atoms with Crippen molar-refractivity contribution in [2.45, 2.75) is 79.3 Å². The first-order chi connectivity index (χ1) is 15.9. The van der Waals surface area contributed by atoms with E-state index < -0.39 is 0 Å². The summed E-state index contributed by atoms with van der Waals surface area (Å²) in [6, 6.07) is -0.114. The molecule has 0 aromatic carbocycles. The predicted molar refractivity (Wildman–Crippen MR) is 138 cm³/mol. The SMILES string of the molecule is CCCOCCNC(=O)CCC(=O)NCC(C)(CNC(C)/C(C)=N/O)CNC(C)(C)C(C)=NC. The molecule has 2 atom stereocenters. The van der Waals surface area contributed by atoms with Gasteiger partial charge >= 0.3 is 0 Å². The topological polar surface area (TPSA) is 136 Å². The van der Waals surface area contributed by atoms with E-state index >= 15 is 0 Å². The number of carbonyl (C=O) groups excluding carboxylic acids is 2. The fourth-order valence-electron chi connectivity index (χ4n) is 2.89. The van der Waals surface area contributed by atoms with Crippen LogP contribution in [0.5, 0.6) is 0 Å². The van der Waals surface area contributed by atoms with E-state index in [9.17, 15) is 9.59 Å². The normalized spacial score (nSPS) is 15.5. The molecule has 0 spiro atoms. The van der Waals surface area contributed by atoms with Crippen LogP contribution < -0.4 is 21.3 Å². The van der Waals surface area contributed by atoms with Crippen LogP contribution >= 0.6 is 0 Å². The van der Waals surface area contributed by atoms with Crippen molar-refractivity contribution in [3.8, 4) is 0 Å². The smallest absolute Gasteiger partial charge is 0.220 e. The zero-order valence-corrected chi connectivity index (χ0v) is 22.5. The summed E-state index contributed by atoms with van der Waals surface area (Å²) in [6.07, 6.45) is 1.20. The summed E-state index contributed by atoms with van der Waals surface area (Å²) in [5.74, 6) is -0.333. The van der Waals surface area contributed by atoms with Gasteiger partial charge in [0, 0.05) is 69.8 Å². The minimum Gasteiger partial charge on any atom is -0.411 e. The lowest BCUT2D eigenvalue weighted by molar-refractivity contribution is -0.126. The Morgan fingerprint density at radius 1 is 1.00 bits per heavy atom. The van der Waals surface area contributed by atoms with Crippen LogP contribution in [0.25, 0.3) is 0 Å². The molecule has 0 aromatic rings. The molecule has 2 amide bonds. The van der Waals surface area contributed by atoms with Gasteiger partial charge in [-0.05, 0) is 41.0 Å². The van der Waals surface area contributed by atoms with Crippen LogP contribution in [-0.2, 0) is 14.3 Å². The maximum Gasteiger partial charge on any atom is 0.220 e. The van der Waals surface area contributed by atoms with Crippen molar-refractivity contribution >= 4 is 23.2 Å². The Labute approximate surface area is 205 Å². The number of carbonyl (C=O) groups is 2. The number of nitrogens with one attached hydrogen (secondary N) is 4. The molecule has 10 nitrogen and oxygen atoms in total. The number of aliphatic imine (C=N–C) groups is 1. The van der Waals surface area contributed by atoms with E-state index in [-0.39, 0.29) is 41.7 Å². The van der Waals surface area contributed by atoms with E-state index in [1.807, 2.05) is 20.8 Å². The van der Waals surface area contributed by atoms with Gasteiger partial charge in [0.1, 0.15) is 0 Å². The molecule has 0 aromatic heterocycles. The Bertz CT molecular complexity index is 680. The second-order valence-electron chi connectivity index (χ2n) is 9.68. The second kappa shape index (κ2) is 16.6. The Hall–Kier alpha value is -2.04. The third-order valence-electron chi connectivity index (χ3n) is 6.02. The van der Waals surface area contributed by atoms with Crippen LogP contribution in [0.4, 0.5) is 0 Å². The first kappa shape index (κ1) is 32.0. The van der Waals surface area contributed by atoms with Gasteiger partial charge in [-0.2, -0.15) is 0 Å². The number of nitrogens with zero attached hydrogens (tertiary/aromatic N) is 2. The van der Waals surface area contributed by atoms with E-state index in [1.54, 1.807) is 14.0 Å². The molecule has 0 saturated carbocycles. The van der Waals surface area contributed by atoms with E-state index in [0.717, 1.165) is 12.1 Å². The third-order valence-corrected chi connectivity index (χ3v) is 6.02. The molecule has 0 rings (SSSR count). The van der Waals surface area contributed by atoms with Crippen molar-refractivity contribution in [1.29, 1.82) is 0 Å². The van der Waals surface area contributed by atoms with E-state index in [2.05, 4.69) is 52.2 Å². The summed E-state index contributed by atoms with van der Waals surface area (Å²) in [6.45, 7) is 17.1. The van der Waals surface area contributed by atoms with Gasteiger partial charge < -0.3 is 31.2 Å². The summed E-state index contributed by atoms with van der Waals surface area (Å²) >= 11 is 0. The zero-order valence-electron chi connectivity index (χ0n) is 22.5. The molecular weight excluding hydrogens is 436 g/mol. The number of ether oxygens (including phenoxy) is 1. The molecule has 34 heavy (non-hydrogen) atoms. The minimum atomic E-state index is -0.343. The molecule has 0 radical (unpaired) electrons.